The maximum absolute atomic E-state index is 12.2. The standard InChI is InChI=1S/C15H22N2O3/c1-19-12-4-5-13(20-2)11(8-12)9-17-14(18)15(10-16)6-3-7-15/h4-5,8H,3,6-7,9-10,16H2,1-2H3,(H,17,18). The number of carbonyl (C=O) groups excluding carboxylic acids is 1. The summed E-state index contributed by atoms with van der Waals surface area (Å²) < 4.78 is 10.5. The molecule has 1 aliphatic carbocycles. The number of hydrogen-bond donors (Lipinski definition) is 2. The fourth-order valence-electron chi connectivity index (χ4n) is 2.51. The third-order valence-electron chi connectivity index (χ3n) is 4.11. The van der Waals surface area contributed by atoms with Crippen LogP contribution in [0.1, 0.15) is 24.8 Å². The molecule has 1 aromatic rings. The average Bonchev–Trinajstić information content (AvgIpc) is 2.44. The highest BCUT2D eigenvalue weighted by atomic mass is 16.5. The minimum Gasteiger partial charge on any atom is -0.497 e. The van der Waals surface area contributed by atoms with Crippen molar-refractivity contribution in [2.24, 2.45) is 11.1 Å². The molecule has 20 heavy (non-hydrogen) atoms. The van der Waals surface area contributed by atoms with Crippen LogP contribution in [-0.4, -0.2) is 26.7 Å². The summed E-state index contributed by atoms with van der Waals surface area (Å²) in [6.45, 7) is 0.828. The highest BCUT2D eigenvalue weighted by molar-refractivity contribution is 5.83. The number of methoxy groups -OCH3 is 2. The smallest absolute Gasteiger partial charge is 0.227 e. The van der Waals surface area contributed by atoms with E-state index in [1.807, 2.05) is 18.2 Å². The molecule has 1 saturated carbocycles. The van der Waals surface area contributed by atoms with Crippen molar-refractivity contribution in [3.63, 3.8) is 0 Å². The van der Waals surface area contributed by atoms with E-state index in [0.29, 0.717) is 13.1 Å². The van der Waals surface area contributed by atoms with Gasteiger partial charge in [-0.15, -0.1) is 0 Å². The van der Waals surface area contributed by atoms with Crippen LogP contribution in [-0.2, 0) is 11.3 Å². The zero-order chi connectivity index (χ0) is 14.6. The fraction of sp³-hybridized carbons (Fsp3) is 0.533. The van der Waals surface area contributed by atoms with Gasteiger partial charge < -0.3 is 20.5 Å². The molecular weight excluding hydrogens is 256 g/mol. The Balaban J connectivity index is 2.04. The first-order valence-corrected chi connectivity index (χ1v) is 6.84. The first-order chi connectivity index (χ1) is 9.65. The van der Waals surface area contributed by atoms with Gasteiger partial charge in [-0.1, -0.05) is 6.42 Å². The molecule has 1 amide bonds. The molecule has 0 heterocycles. The largest absolute Gasteiger partial charge is 0.497 e. The van der Waals surface area contributed by atoms with E-state index >= 15 is 0 Å². The van der Waals surface area contributed by atoms with Crippen LogP contribution in [0.3, 0.4) is 0 Å². The van der Waals surface area contributed by atoms with E-state index in [0.717, 1.165) is 36.3 Å². The Kier molecular flexibility index (Phi) is 4.49. The molecule has 0 aliphatic heterocycles. The number of benzene rings is 1. The second-order valence-corrected chi connectivity index (χ2v) is 5.20. The van der Waals surface area contributed by atoms with Crippen LogP contribution in [0.15, 0.2) is 18.2 Å². The number of hydrogen-bond acceptors (Lipinski definition) is 4. The molecule has 0 bridgehead atoms. The van der Waals surface area contributed by atoms with Gasteiger partial charge in [0.2, 0.25) is 5.91 Å². The number of rotatable bonds is 6. The van der Waals surface area contributed by atoms with Gasteiger partial charge >= 0.3 is 0 Å². The summed E-state index contributed by atoms with van der Waals surface area (Å²) in [5.74, 6) is 1.52. The summed E-state index contributed by atoms with van der Waals surface area (Å²) in [6, 6.07) is 5.54. The third-order valence-corrected chi connectivity index (χ3v) is 4.11. The van der Waals surface area contributed by atoms with Crippen molar-refractivity contribution in [3.8, 4) is 11.5 Å². The second-order valence-electron chi connectivity index (χ2n) is 5.20. The molecule has 5 nitrogen and oxygen atoms in total. The van der Waals surface area contributed by atoms with Crippen LogP contribution < -0.4 is 20.5 Å². The molecule has 1 aliphatic rings. The van der Waals surface area contributed by atoms with Gasteiger partial charge in [-0.25, -0.2) is 0 Å². The molecule has 110 valence electrons. The van der Waals surface area contributed by atoms with Gasteiger partial charge in [0.1, 0.15) is 11.5 Å². The number of ether oxygens (including phenoxy) is 2. The van der Waals surface area contributed by atoms with E-state index in [1.165, 1.54) is 0 Å². The summed E-state index contributed by atoms with van der Waals surface area (Å²) in [6.07, 6.45) is 2.84. The van der Waals surface area contributed by atoms with Crippen LogP contribution >= 0.6 is 0 Å². The summed E-state index contributed by atoms with van der Waals surface area (Å²) in [5.41, 5.74) is 6.27. The van der Waals surface area contributed by atoms with Crippen molar-refractivity contribution in [2.75, 3.05) is 20.8 Å². The Morgan fingerprint density at radius 2 is 2.10 bits per heavy atom. The fourth-order valence-corrected chi connectivity index (χ4v) is 2.51. The SMILES string of the molecule is COc1ccc(OC)c(CNC(=O)C2(CN)CCC2)c1. The van der Waals surface area contributed by atoms with Crippen LogP contribution in [0.4, 0.5) is 0 Å². The normalized spacial score (nSPS) is 16.1. The minimum absolute atomic E-state index is 0.0381. The highest BCUT2D eigenvalue weighted by Gasteiger charge is 2.42. The molecular formula is C15H22N2O3. The maximum atomic E-state index is 12.2. The van der Waals surface area contributed by atoms with Gasteiger partial charge in [0.15, 0.2) is 0 Å². The highest BCUT2D eigenvalue weighted by Crippen LogP contribution is 2.40. The first-order valence-electron chi connectivity index (χ1n) is 6.84. The predicted molar refractivity (Wildman–Crippen MR) is 76.7 cm³/mol. The zero-order valence-electron chi connectivity index (χ0n) is 12.1. The lowest BCUT2D eigenvalue weighted by molar-refractivity contribution is -0.135. The van der Waals surface area contributed by atoms with Gasteiger partial charge in [0.25, 0.3) is 0 Å². The molecule has 0 radical (unpaired) electrons. The topological polar surface area (TPSA) is 73.6 Å². The lowest BCUT2D eigenvalue weighted by atomic mass is 9.68. The van der Waals surface area contributed by atoms with Crippen LogP contribution in [0, 0.1) is 5.41 Å². The van der Waals surface area contributed by atoms with Gasteiger partial charge in [-0.3, -0.25) is 4.79 Å². The summed E-state index contributed by atoms with van der Waals surface area (Å²) in [7, 11) is 3.22. The van der Waals surface area contributed by atoms with Crippen LogP contribution in [0.25, 0.3) is 0 Å². The molecule has 0 atom stereocenters. The number of nitrogens with one attached hydrogen (secondary N) is 1. The van der Waals surface area contributed by atoms with Crippen molar-refractivity contribution in [1.29, 1.82) is 0 Å². The zero-order valence-corrected chi connectivity index (χ0v) is 12.1. The quantitative estimate of drug-likeness (QED) is 0.826. The Labute approximate surface area is 119 Å². The molecule has 0 spiro atoms. The molecule has 1 fully saturated rings. The third kappa shape index (κ3) is 2.72. The number of nitrogens with two attached hydrogens (primary N) is 1. The predicted octanol–water partition coefficient (Wildman–Crippen LogP) is 1.45. The van der Waals surface area contributed by atoms with E-state index < -0.39 is 0 Å². The monoisotopic (exact) mass is 278 g/mol. The van der Waals surface area contributed by atoms with Gasteiger partial charge in [0, 0.05) is 18.7 Å². The Hall–Kier alpha value is -1.75. The Morgan fingerprint density at radius 1 is 1.35 bits per heavy atom. The molecule has 1 aromatic carbocycles. The van der Waals surface area contributed by atoms with Gasteiger partial charge in [-0.05, 0) is 31.0 Å². The lowest BCUT2D eigenvalue weighted by Gasteiger charge is -2.39. The van der Waals surface area contributed by atoms with Crippen molar-refractivity contribution in [2.45, 2.75) is 25.8 Å². The van der Waals surface area contributed by atoms with Gasteiger partial charge in [0.05, 0.1) is 19.6 Å². The summed E-state index contributed by atoms with van der Waals surface area (Å²) in [5, 5.41) is 2.96. The molecule has 0 saturated heterocycles. The molecule has 0 aromatic heterocycles. The maximum Gasteiger partial charge on any atom is 0.227 e. The van der Waals surface area contributed by atoms with E-state index in [1.54, 1.807) is 14.2 Å². The Morgan fingerprint density at radius 3 is 2.60 bits per heavy atom. The van der Waals surface area contributed by atoms with E-state index in [4.69, 9.17) is 15.2 Å². The molecule has 2 rings (SSSR count). The van der Waals surface area contributed by atoms with Gasteiger partial charge in [-0.2, -0.15) is 0 Å². The van der Waals surface area contributed by atoms with Crippen molar-refractivity contribution in [3.05, 3.63) is 23.8 Å². The van der Waals surface area contributed by atoms with Crippen molar-refractivity contribution in [1.82, 2.24) is 5.32 Å². The van der Waals surface area contributed by atoms with E-state index in [2.05, 4.69) is 5.32 Å². The van der Waals surface area contributed by atoms with Crippen molar-refractivity contribution < 1.29 is 14.3 Å². The summed E-state index contributed by atoms with van der Waals surface area (Å²) in [4.78, 5) is 12.2. The number of amides is 1. The molecule has 3 N–H and O–H groups in total. The lowest BCUT2D eigenvalue weighted by Crippen LogP contribution is -2.50. The van der Waals surface area contributed by atoms with E-state index in [-0.39, 0.29) is 11.3 Å². The molecule has 0 unspecified atom stereocenters. The Bertz CT molecular complexity index is 478. The number of carbonyl (C=O) groups is 1. The van der Waals surface area contributed by atoms with E-state index in [9.17, 15) is 4.79 Å². The minimum atomic E-state index is -0.355. The van der Waals surface area contributed by atoms with Crippen LogP contribution in [0.5, 0.6) is 11.5 Å². The van der Waals surface area contributed by atoms with Crippen molar-refractivity contribution >= 4 is 5.91 Å². The average molecular weight is 278 g/mol. The second kappa shape index (κ2) is 6.13. The summed E-state index contributed by atoms with van der Waals surface area (Å²) >= 11 is 0. The molecule has 5 heteroatoms. The van der Waals surface area contributed by atoms with Crippen LogP contribution in [0.2, 0.25) is 0 Å². The first kappa shape index (κ1) is 14.7.